The van der Waals surface area contributed by atoms with Crippen molar-refractivity contribution < 1.29 is 30.4 Å². The highest BCUT2D eigenvalue weighted by Crippen LogP contribution is 2.03. The summed E-state index contributed by atoms with van der Waals surface area (Å²) in [6.07, 6.45) is 0.450. The molecule has 0 aliphatic carbocycles. The molecule has 0 amide bonds. The predicted molar refractivity (Wildman–Crippen MR) is 60.2 cm³/mol. The van der Waals surface area contributed by atoms with Gasteiger partial charge in [0.15, 0.2) is 0 Å². The van der Waals surface area contributed by atoms with Crippen LogP contribution in [0, 0.1) is 0 Å². The summed E-state index contributed by atoms with van der Waals surface area (Å²) >= 11 is 0. The third kappa shape index (κ3) is 12.0. The van der Waals surface area contributed by atoms with Gasteiger partial charge in [0.2, 0.25) is 0 Å². The molecule has 0 radical (unpaired) electrons. The number of hydrogen-bond acceptors (Lipinski definition) is 6. The summed E-state index contributed by atoms with van der Waals surface area (Å²) in [6, 6.07) is 0. The van der Waals surface area contributed by atoms with E-state index in [0.717, 1.165) is 0 Å². The van der Waals surface area contributed by atoms with E-state index in [1.54, 1.807) is 14.1 Å². The number of rotatable bonds is 8. The van der Waals surface area contributed by atoms with Crippen LogP contribution in [-0.2, 0) is 20.2 Å². The first-order valence-corrected chi connectivity index (χ1v) is 8.26. The first-order valence-electron chi connectivity index (χ1n) is 5.10. The van der Waals surface area contributed by atoms with Crippen molar-refractivity contribution in [3.8, 4) is 0 Å². The van der Waals surface area contributed by atoms with Crippen LogP contribution in [0.4, 0.5) is 0 Å². The monoisotopic (exact) mass is 288 g/mol. The summed E-state index contributed by atoms with van der Waals surface area (Å²) in [7, 11) is -4.82. The molecule has 0 saturated carbocycles. The molecule has 0 atom stereocenters. The zero-order chi connectivity index (χ0) is 13.7. The molecule has 0 rings (SSSR count). The molecular formula is C8H18NO6S2-. The number of nitrogens with zero attached hydrogens (tertiary/aromatic N) is 1. The lowest BCUT2D eigenvalue weighted by atomic mass is 10.3. The molecule has 0 aromatic rings. The van der Waals surface area contributed by atoms with Crippen molar-refractivity contribution in [1.29, 1.82) is 0 Å². The van der Waals surface area contributed by atoms with Crippen molar-refractivity contribution in [3.05, 3.63) is 0 Å². The minimum atomic E-state index is -4.20. The van der Waals surface area contributed by atoms with Crippen LogP contribution >= 0.6 is 0 Å². The summed E-state index contributed by atoms with van der Waals surface area (Å²) in [5, 5.41) is 0. The van der Waals surface area contributed by atoms with E-state index in [2.05, 4.69) is 0 Å². The highest BCUT2D eigenvalue weighted by atomic mass is 32.2. The van der Waals surface area contributed by atoms with Gasteiger partial charge in [-0.3, -0.25) is 0 Å². The maximum absolute atomic E-state index is 10.4. The molecule has 17 heavy (non-hydrogen) atoms. The maximum atomic E-state index is 10.4. The zero-order valence-electron chi connectivity index (χ0n) is 9.96. The van der Waals surface area contributed by atoms with E-state index in [9.17, 15) is 25.9 Å². The molecule has 0 aliphatic heterocycles. The van der Waals surface area contributed by atoms with Gasteiger partial charge in [0.25, 0.3) is 0 Å². The Balaban J connectivity index is 3.96. The Kier molecular flexibility index (Phi) is 6.02. The van der Waals surface area contributed by atoms with Gasteiger partial charge in [-0.05, 0) is 0 Å². The van der Waals surface area contributed by atoms with Crippen molar-refractivity contribution in [2.45, 2.75) is 12.8 Å². The summed E-state index contributed by atoms with van der Waals surface area (Å²) in [6.45, 7) is 0.890. The van der Waals surface area contributed by atoms with Gasteiger partial charge in [0.1, 0.15) is 0 Å². The standard InChI is InChI=1S/C8H19NO6S2/c1-9(2,5-3-7-16(10,11)12)6-4-8-17(13,14)15/h3-8H2,1-2H3,(H-,10,11,12,13,14,15)/p-1. The first-order chi connectivity index (χ1) is 7.41. The van der Waals surface area contributed by atoms with Crippen LogP contribution in [0.2, 0.25) is 0 Å². The topological polar surface area (TPSA) is 114 Å². The summed E-state index contributed by atoms with van der Waals surface area (Å²) in [5.74, 6) is -0.844. The highest BCUT2D eigenvalue weighted by molar-refractivity contribution is 7.85. The molecule has 0 spiro atoms. The van der Waals surface area contributed by atoms with Crippen molar-refractivity contribution in [3.63, 3.8) is 0 Å². The second kappa shape index (κ2) is 6.10. The molecule has 0 aromatic heterocycles. The van der Waals surface area contributed by atoms with Crippen LogP contribution in [0.5, 0.6) is 0 Å². The fourth-order valence-electron chi connectivity index (χ4n) is 1.45. The lowest BCUT2D eigenvalue weighted by Crippen LogP contribution is -2.42. The quantitative estimate of drug-likeness (QED) is 0.415. The van der Waals surface area contributed by atoms with Crippen molar-refractivity contribution in [1.82, 2.24) is 0 Å². The van der Waals surface area contributed by atoms with E-state index in [1.807, 2.05) is 0 Å². The Labute approximate surface area is 103 Å². The van der Waals surface area contributed by atoms with Gasteiger partial charge in [0, 0.05) is 24.3 Å². The number of hydrogen-bond donors (Lipinski definition) is 0. The van der Waals surface area contributed by atoms with E-state index in [0.29, 0.717) is 17.6 Å². The molecule has 0 aromatic carbocycles. The van der Waals surface area contributed by atoms with Gasteiger partial charge in [-0.25, -0.2) is 16.8 Å². The average molecular weight is 288 g/mol. The van der Waals surface area contributed by atoms with Crippen LogP contribution in [0.25, 0.3) is 0 Å². The Morgan fingerprint density at radius 1 is 0.824 bits per heavy atom. The second-order valence-electron chi connectivity index (χ2n) is 4.61. The molecule has 0 heterocycles. The highest BCUT2D eigenvalue weighted by Gasteiger charge is 2.15. The molecular weight excluding hydrogens is 270 g/mol. The SMILES string of the molecule is C[N+](C)(CCCS(=O)(=O)[O-])CCCS(=O)(=O)[O-]. The predicted octanol–water partition coefficient (Wildman–Crippen LogP) is -1.07. The molecule has 0 bridgehead atoms. The van der Waals surface area contributed by atoms with Crippen LogP contribution in [0.1, 0.15) is 12.8 Å². The number of quaternary nitrogens is 1. The van der Waals surface area contributed by atoms with Crippen molar-refractivity contribution in [2.24, 2.45) is 0 Å². The average Bonchev–Trinajstić information content (AvgIpc) is 1.96. The van der Waals surface area contributed by atoms with E-state index in [-0.39, 0.29) is 12.8 Å². The van der Waals surface area contributed by atoms with Gasteiger partial charge < -0.3 is 13.6 Å². The molecule has 0 unspecified atom stereocenters. The Morgan fingerprint density at radius 2 is 1.12 bits per heavy atom. The minimum absolute atomic E-state index is 0.225. The summed E-state index contributed by atoms with van der Waals surface area (Å²) in [4.78, 5) is 0. The molecule has 0 fully saturated rings. The lowest BCUT2D eigenvalue weighted by Gasteiger charge is -2.30. The van der Waals surface area contributed by atoms with Crippen LogP contribution in [-0.4, -0.2) is 69.1 Å². The molecule has 0 N–H and O–H groups in total. The van der Waals surface area contributed by atoms with Gasteiger partial charge in [-0.1, -0.05) is 0 Å². The zero-order valence-corrected chi connectivity index (χ0v) is 11.6. The van der Waals surface area contributed by atoms with Crippen LogP contribution in [0.3, 0.4) is 0 Å². The third-order valence-corrected chi connectivity index (χ3v) is 3.89. The second-order valence-corrected chi connectivity index (χ2v) is 7.66. The van der Waals surface area contributed by atoms with Gasteiger partial charge in [-0.15, -0.1) is 0 Å². The van der Waals surface area contributed by atoms with Gasteiger partial charge >= 0.3 is 0 Å². The molecule has 104 valence electrons. The van der Waals surface area contributed by atoms with Crippen molar-refractivity contribution >= 4 is 20.2 Å². The van der Waals surface area contributed by atoms with Gasteiger partial charge in [0.05, 0.1) is 47.4 Å². The van der Waals surface area contributed by atoms with Gasteiger partial charge in [-0.2, -0.15) is 0 Å². The van der Waals surface area contributed by atoms with Crippen LogP contribution < -0.4 is 0 Å². The molecule has 0 aliphatic rings. The van der Waals surface area contributed by atoms with Crippen molar-refractivity contribution in [2.75, 3.05) is 38.7 Å². The third-order valence-electron chi connectivity index (χ3n) is 2.32. The largest absolute Gasteiger partial charge is 0.748 e. The Hall–Kier alpha value is -0.220. The Bertz CT molecular complexity index is 385. The summed E-state index contributed by atoms with van der Waals surface area (Å²) in [5.41, 5.74) is 0. The first kappa shape index (κ1) is 16.8. The minimum Gasteiger partial charge on any atom is -0.748 e. The van der Waals surface area contributed by atoms with Crippen LogP contribution in [0.15, 0.2) is 0 Å². The van der Waals surface area contributed by atoms with E-state index in [1.165, 1.54) is 0 Å². The molecule has 7 nitrogen and oxygen atoms in total. The maximum Gasteiger partial charge on any atom is 0.0948 e. The summed E-state index contributed by atoms with van der Waals surface area (Å²) < 4.78 is 62.7. The molecule has 0 saturated heterocycles. The fourth-order valence-corrected chi connectivity index (χ4v) is 2.42. The van der Waals surface area contributed by atoms with E-state index >= 15 is 0 Å². The normalized spacial score (nSPS) is 13.9. The Morgan fingerprint density at radius 3 is 1.35 bits per heavy atom. The lowest BCUT2D eigenvalue weighted by molar-refractivity contribution is -0.890. The smallest absolute Gasteiger partial charge is 0.0948 e. The molecule has 9 heteroatoms. The van der Waals surface area contributed by atoms with E-state index in [4.69, 9.17) is 0 Å². The van der Waals surface area contributed by atoms with E-state index < -0.39 is 31.7 Å². The fraction of sp³-hybridized carbons (Fsp3) is 1.00.